The smallest absolute Gasteiger partial charge is 0.335 e. The molecular weight excluding hydrogens is 379 g/mol. The lowest BCUT2D eigenvalue weighted by molar-refractivity contribution is 0.0696. The minimum Gasteiger partial charge on any atom is -0.488 e. The molecule has 2 aromatic carbocycles. The number of halogens is 1. The minimum absolute atomic E-state index is 0.249. The zero-order valence-electron chi connectivity index (χ0n) is 11.4. The molecule has 3 nitrogen and oxygen atoms in total. The van der Waals surface area contributed by atoms with Gasteiger partial charge in [-0.05, 0) is 76.7 Å². The number of hydrogen-bond donors (Lipinski definition) is 1. The van der Waals surface area contributed by atoms with E-state index in [0.29, 0.717) is 12.4 Å². The summed E-state index contributed by atoms with van der Waals surface area (Å²) in [5.41, 5.74) is 4.25. The molecule has 0 spiro atoms. The van der Waals surface area contributed by atoms with E-state index in [1.165, 1.54) is 24.0 Å². The molecule has 3 rings (SSSR count). The summed E-state index contributed by atoms with van der Waals surface area (Å²) in [7, 11) is 0. The van der Waals surface area contributed by atoms with Crippen LogP contribution >= 0.6 is 22.6 Å². The molecular formula is C17H15IO3. The van der Waals surface area contributed by atoms with E-state index < -0.39 is 5.97 Å². The third-order valence-corrected chi connectivity index (χ3v) is 4.63. The highest BCUT2D eigenvalue weighted by molar-refractivity contribution is 14.1. The van der Waals surface area contributed by atoms with E-state index in [1.54, 1.807) is 18.2 Å². The first-order valence-electron chi connectivity index (χ1n) is 6.90. The Kier molecular flexibility index (Phi) is 4.14. The van der Waals surface area contributed by atoms with Crippen LogP contribution in [-0.4, -0.2) is 11.1 Å². The first-order chi connectivity index (χ1) is 10.1. The molecule has 0 aliphatic heterocycles. The van der Waals surface area contributed by atoms with E-state index >= 15 is 0 Å². The van der Waals surface area contributed by atoms with Crippen molar-refractivity contribution in [2.75, 3.05) is 0 Å². The zero-order valence-corrected chi connectivity index (χ0v) is 13.6. The summed E-state index contributed by atoms with van der Waals surface area (Å²) in [6.45, 7) is 0.465. The fraction of sp³-hybridized carbons (Fsp3) is 0.235. The number of carboxylic acid groups (broad SMARTS) is 1. The van der Waals surface area contributed by atoms with Gasteiger partial charge in [0.25, 0.3) is 0 Å². The summed E-state index contributed by atoms with van der Waals surface area (Å²) in [6.07, 6.45) is 3.56. The molecule has 0 bridgehead atoms. The summed E-state index contributed by atoms with van der Waals surface area (Å²) < 4.78 is 6.72. The van der Waals surface area contributed by atoms with Crippen molar-refractivity contribution in [3.63, 3.8) is 0 Å². The van der Waals surface area contributed by atoms with Crippen LogP contribution in [0.1, 0.15) is 33.5 Å². The van der Waals surface area contributed by atoms with Crippen molar-refractivity contribution >= 4 is 28.6 Å². The number of fused-ring (bicyclic) bond motifs is 1. The molecule has 0 unspecified atom stereocenters. The molecule has 0 aromatic heterocycles. The maximum Gasteiger partial charge on any atom is 0.335 e. The Morgan fingerprint density at radius 2 is 1.95 bits per heavy atom. The van der Waals surface area contributed by atoms with Crippen LogP contribution < -0.4 is 4.74 Å². The molecule has 1 aliphatic rings. The Bertz CT molecular complexity index is 694. The highest BCUT2D eigenvalue weighted by Gasteiger charge is 2.12. The van der Waals surface area contributed by atoms with Gasteiger partial charge in [0.05, 0.1) is 9.13 Å². The van der Waals surface area contributed by atoms with E-state index in [-0.39, 0.29) is 5.56 Å². The molecule has 1 aliphatic carbocycles. The summed E-state index contributed by atoms with van der Waals surface area (Å²) in [4.78, 5) is 11.0. The van der Waals surface area contributed by atoms with Crippen molar-refractivity contribution in [1.82, 2.24) is 0 Å². The first-order valence-corrected chi connectivity index (χ1v) is 7.97. The molecule has 0 amide bonds. The lowest BCUT2D eigenvalue weighted by atomic mass is 10.1. The quantitative estimate of drug-likeness (QED) is 0.796. The average Bonchev–Trinajstić information content (AvgIpc) is 2.93. The molecule has 0 atom stereocenters. The molecule has 21 heavy (non-hydrogen) atoms. The highest BCUT2D eigenvalue weighted by atomic mass is 127. The van der Waals surface area contributed by atoms with Crippen LogP contribution in [0.15, 0.2) is 36.4 Å². The summed E-state index contributed by atoms with van der Waals surface area (Å²) in [6, 6.07) is 11.4. The molecule has 108 valence electrons. The Labute approximate surface area is 137 Å². The van der Waals surface area contributed by atoms with E-state index in [2.05, 4.69) is 40.8 Å². The number of benzene rings is 2. The summed E-state index contributed by atoms with van der Waals surface area (Å²) >= 11 is 2.15. The van der Waals surface area contributed by atoms with Gasteiger partial charge in [-0.25, -0.2) is 4.79 Å². The molecule has 2 aromatic rings. The van der Waals surface area contributed by atoms with Crippen molar-refractivity contribution in [2.45, 2.75) is 25.9 Å². The number of carboxylic acids is 1. The van der Waals surface area contributed by atoms with Gasteiger partial charge in [0.15, 0.2) is 0 Å². The highest BCUT2D eigenvalue weighted by Crippen LogP contribution is 2.26. The standard InChI is InChI=1S/C17H15IO3/c18-15-7-6-14(17(19)20)9-16(15)21-10-11-4-5-12-2-1-3-13(12)8-11/h4-9H,1-3,10H2,(H,19,20). The van der Waals surface area contributed by atoms with Gasteiger partial charge in [0.2, 0.25) is 0 Å². The fourth-order valence-electron chi connectivity index (χ4n) is 2.62. The fourth-order valence-corrected chi connectivity index (χ4v) is 3.11. The Hall–Kier alpha value is -1.56. The second kappa shape index (κ2) is 6.05. The van der Waals surface area contributed by atoms with Gasteiger partial charge >= 0.3 is 5.97 Å². The first kappa shape index (κ1) is 14.4. The van der Waals surface area contributed by atoms with Gasteiger partial charge in [0.1, 0.15) is 12.4 Å². The SMILES string of the molecule is O=C(O)c1ccc(I)c(OCc2ccc3c(c2)CCC3)c1. The topological polar surface area (TPSA) is 46.5 Å². The van der Waals surface area contributed by atoms with Crippen molar-refractivity contribution in [1.29, 1.82) is 0 Å². The Balaban J connectivity index is 1.75. The van der Waals surface area contributed by atoms with Gasteiger partial charge in [-0.2, -0.15) is 0 Å². The van der Waals surface area contributed by atoms with Crippen molar-refractivity contribution in [3.05, 3.63) is 62.2 Å². The van der Waals surface area contributed by atoms with Gasteiger partial charge in [-0.1, -0.05) is 18.2 Å². The Morgan fingerprint density at radius 1 is 1.14 bits per heavy atom. The van der Waals surface area contributed by atoms with Crippen LogP contribution in [0.5, 0.6) is 5.75 Å². The predicted molar refractivity (Wildman–Crippen MR) is 88.9 cm³/mol. The molecule has 0 fully saturated rings. The van der Waals surface area contributed by atoms with Crippen LogP contribution in [0.2, 0.25) is 0 Å². The molecule has 4 heteroatoms. The van der Waals surface area contributed by atoms with Gasteiger partial charge in [-0.15, -0.1) is 0 Å². The summed E-state index contributed by atoms with van der Waals surface area (Å²) in [5, 5.41) is 9.03. The largest absolute Gasteiger partial charge is 0.488 e. The average molecular weight is 394 g/mol. The second-order valence-electron chi connectivity index (χ2n) is 5.20. The molecule has 0 radical (unpaired) electrons. The number of aromatic carboxylic acids is 1. The normalized spacial score (nSPS) is 13.0. The molecule has 0 heterocycles. The monoisotopic (exact) mass is 394 g/mol. The maximum absolute atomic E-state index is 11.0. The molecule has 0 saturated carbocycles. The van der Waals surface area contributed by atoms with Crippen LogP contribution in [0.25, 0.3) is 0 Å². The third kappa shape index (κ3) is 3.20. The van der Waals surface area contributed by atoms with E-state index in [9.17, 15) is 4.79 Å². The Morgan fingerprint density at radius 3 is 2.76 bits per heavy atom. The number of ether oxygens (including phenoxy) is 1. The van der Waals surface area contributed by atoms with Crippen molar-refractivity contribution in [3.8, 4) is 5.75 Å². The van der Waals surface area contributed by atoms with Gasteiger partial charge in [-0.3, -0.25) is 0 Å². The van der Waals surface area contributed by atoms with Crippen molar-refractivity contribution in [2.24, 2.45) is 0 Å². The molecule has 0 saturated heterocycles. The minimum atomic E-state index is -0.936. The van der Waals surface area contributed by atoms with E-state index in [0.717, 1.165) is 15.6 Å². The third-order valence-electron chi connectivity index (χ3n) is 3.74. The van der Waals surface area contributed by atoms with E-state index in [1.807, 2.05) is 0 Å². The number of hydrogen-bond acceptors (Lipinski definition) is 2. The van der Waals surface area contributed by atoms with Crippen LogP contribution in [0, 0.1) is 3.57 Å². The van der Waals surface area contributed by atoms with Crippen LogP contribution in [-0.2, 0) is 19.4 Å². The lowest BCUT2D eigenvalue weighted by Crippen LogP contribution is -2.01. The van der Waals surface area contributed by atoms with Gasteiger partial charge in [0, 0.05) is 0 Å². The van der Waals surface area contributed by atoms with Crippen LogP contribution in [0.3, 0.4) is 0 Å². The van der Waals surface area contributed by atoms with Crippen molar-refractivity contribution < 1.29 is 14.6 Å². The predicted octanol–water partition coefficient (Wildman–Crippen LogP) is 4.06. The van der Waals surface area contributed by atoms with Crippen LogP contribution in [0.4, 0.5) is 0 Å². The molecule has 1 N–H and O–H groups in total. The number of rotatable bonds is 4. The van der Waals surface area contributed by atoms with Gasteiger partial charge < -0.3 is 9.84 Å². The maximum atomic E-state index is 11.0. The number of carbonyl (C=O) groups is 1. The van der Waals surface area contributed by atoms with E-state index in [4.69, 9.17) is 9.84 Å². The summed E-state index contributed by atoms with van der Waals surface area (Å²) in [5.74, 6) is -0.315. The lowest BCUT2D eigenvalue weighted by Gasteiger charge is -2.10. The number of aryl methyl sites for hydroxylation is 2. The second-order valence-corrected chi connectivity index (χ2v) is 6.36. The zero-order chi connectivity index (χ0) is 14.8.